The van der Waals surface area contributed by atoms with Crippen molar-refractivity contribution in [2.45, 2.75) is 47.5 Å². The van der Waals surface area contributed by atoms with Crippen molar-refractivity contribution in [2.24, 2.45) is 0 Å². The third-order valence-corrected chi connectivity index (χ3v) is 4.87. The van der Waals surface area contributed by atoms with Crippen molar-refractivity contribution < 1.29 is 9.59 Å². The van der Waals surface area contributed by atoms with Crippen molar-refractivity contribution in [1.29, 1.82) is 0 Å². The molecule has 140 valence electrons. The highest BCUT2D eigenvalue weighted by Gasteiger charge is 2.15. The number of allylic oxidation sites excluding steroid dienone is 3. The lowest BCUT2D eigenvalue weighted by atomic mass is 9.91. The second-order valence-corrected chi connectivity index (χ2v) is 7.06. The van der Waals surface area contributed by atoms with Crippen LogP contribution >= 0.6 is 0 Å². The minimum absolute atomic E-state index is 0.00316. The molecular formula is C25H28O2. The quantitative estimate of drug-likeness (QED) is 0.569. The standard InChI is InChI=1S/C25H28O2/c1-6-21-10-8-11-22(15-21)14-18(3)25(27)16-24(19(4)20(5)26)23-12-7-9-17(2)13-23/h7-15H,6,16H2,1-5H3. The molecule has 0 radical (unpaired) electrons. The molecule has 0 N–H and O–H groups in total. The molecule has 0 fully saturated rings. The lowest BCUT2D eigenvalue weighted by Gasteiger charge is -2.12. The van der Waals surface area contributed by atoms with Gasteiger partial charge in [0, 0.05) is 6.42 Å². The predicted octanol–water partition coefficient (Wildman–Crippen LogP) is 5.98. The summed E-state index contributed by atoms with van der Waals surface area (Å²) in [5, 5.41) is 0. The van der Waals surface area contributed by atoms with Gasteiger partial charge in [-0.2, -0.15) is 0 Å². The highest BCUT2D eigenvalue weighted by atomic mass is 16.1. The molecule has 0 aliphatic carbocycles. The van der Waals surface area contributed by atoms with Crippen molar-refractivity contribution in [3.8, 4) is 0 Å². The summed E-state index contributed by atoms with van der Waals surface area (Å²) in [6, 6.07) is 16.2. The number of ketones is 2. The molecule has 2 rings (SSSR count). The lowest BCUT2D eigenvalue weighted by Crippen LogP contribution is -2.06. The van der Waals surface area contributed by atoms with E-state index in [1.807, 2.05) is 56.3 Å². The molecule has 0 saturated carbocycles. The van der Waals surface area contributed by atoms with E-state index in [1.54, 1.807) is 13.8 Å². The van der Waals surface area contributed by atoms with E-state index < -0.39 is 0 Å². The molecule has 0 aliphatic rings. The summed E-state index contributed by atoms with van der Waals surface area (Å²) < 4.78 is 0. The average Bonchev–Trinajstić information content (AvgIpc) is 2.65. The van der Waals surface area contributed by atoms with Gasteiger partial charge in [0.05, 0.1) is 0 Å². The minimum atomic E-state index is -0.00316. The Morgan fingerprint density at radius 2 is 1.67 bits per heavy atom. The van der Waals surface area contributed by atoms with Crippen LogP contribution in [0.4, 0.5) is 0 Å². The second kappa shape index (κ2) is 9.27. The number of carbonyl (C=O) groups excluding carboxylic acids is 2. The smallest absolute Gasteiger partial charge is 0.162 e. The van der Waals surface area contributed by atoms with Crippen LogP contribution in [-0.4, -0.2) is 11.6 Å². The maximum atomic E-state index is 12.9. The van der Waals surface area contributed by atoms with Crippen LogP contribution in [0.5, 0.6) is 0 Å². The Morgan fingerprint density at radius 1 is 0.963 bits per heavy atom. The minimum Gasteiger partial charge on any atom is -0.295 e. The Hall–Kier alpha value is -2.74. The number of Topliss-reactive ketones (excluding diaryl/α,β-unsaturated/α-hetero) is 2. The fourth-order valence-electron chi connectivity index (χ4n) is 3.03. The largest absolute Gasteiger partial charge is 0.295 e. The Morgan fingerprint density at radius 3 is 2.30 bits per heavy atom. The first-order chi connectivity index (χ1) is 12.8. The molecule has 0 aromatic heterocycles. The van der Waals surface area contributed by atoms with E-state index in [4.69, 9.17) is 0 Å². The number of aryl methyl sites for hydroxylation is 2. The first kappa shape index (κ1) is 20.6. The molecular weight excluding hydrogens is 332 g/mol. The number of carbonyl (C=O) groups is 2. The number of hydrogen-bond acceptors (Lipinski definition) is 2. The van der Waals surface area contributed by atoms with Crippen LogP contribution in [-0.2, 0) is 16.0 Å². The van der Waals surface area contributed by atoms with Gasteiger partial charge in [-0.3, -0.25) is 9.59 Å². The van der Waals surface area contributed by atoms with E-state index in [1.165, 1.54) is 5.56 Å². The molecule has 0 amide bonds. The molecule has 0 saturated heterocycles. The summed E-state index contributed by atoms with van der Waals surface area (Å²) in [6.45, 7) is 9.33. The molecule has 0 atom stereocenters. The van der Waals surface area contributed by atoms with Crippen molar-refractivity contribution in [1.82, 2.24) is 0 Å². The first-order valence-electron chi connectivity index (χ1n) is 9.40. The van der Waals surface area contributed by atoms with Crippen molar-refractivity contribution in [3.63, 3.8) is 0 Å². The monoisotopic (exact) mass is 360 g/mol. The Bertz CT molecular complexity index is 913. The summed E-state index contributed by atoms with van der Waals surface area (Å²) >= 11 is 0. The van der Waals surface area contributed by atoms with Crippen molar-refractivity contribution in [2.75, 3.05) is 0 Å². The van der Waals surface area contributed by atoms with Crippen LogP contribution in [0.3, 0.4) is 0 Å². The fourth-order valence-corrected chi connectivity index (χ4v) is 3.03. The van der Waals surface area contributed by atoms with Gasteiger partial charge in [0.2, 0.25) is 0 Å². The Balaban J connectivity index is 2.34. The van der Waals surface area contributed by atoms with Gasteiger partial charge in [-0.15, -0.1) is 0 Å². The van der Waals surface area contributed by atoms with Crippen molar-refractivity contribution >= 4 is 23.2 Å². The summed E-state index contributed by atoms with van der Waals surface area (Å²) in [5.74, 6) is 0.0330. The molecule has 0 unspecified atom stereocenters. The molecule has 0 spiro atoms. The van der Waals surface area contributed by atoms with Gasteiger partial charge in [-0.25, -0.2) is 0 Å². The molecule has 0 aliphatic heterocycles. The summed E-state index contributed by atoms with van der Waals surface area (Å²) in [4.78, 5) is 24.9. The van der Waals surface area contributed by atoms with Gasteiger partial charge in [-0.05, 0) is 73.6 Å². The second-order valence-electron chi connectivity index (χ2n) is 7.06. The van der Waals surface area contributed by atoms with Gasteiger partial charge in [0.1, 0.15) is 0 Å². The topological polar surface area (TPSA) is 34.1 Å². The van der Waals surface area contributed by atoms with E-state index in [9.17, 15) is 9.59 Å². The molecule has 0 heterocycles. The van der Waals surface area contributed by atoms with Gasteiger partial charge in [0.25, 0.3) is 0 Å². The fraction of sp³-hybridized carbons (Fsp3) is 0.280. The van der Waals surface area contributed by atoms with Crippen LogP contribution in [0, 0.1) is 6.92 Å². The molecule has 2 heteroatoms. The van der Waals surface area contributed by atoms with Gasteiger partial charge >= 0.3 is 0 Å². The van der Waals surface area contributed by atoms with Gasteiger partial charge in [0.15, 0.2) is 11.6 Å². The van der Waals surface area contributed by atoms with Crippen LogP contribution < -0.4 is 0 Å². The van der Waals surface area contributed by atoms with Crippen molar-refractivity contribution in [3.05, 3.63) is 81.9 Å². The molecule has 2 nitrogen and oxygen atoms in total. The zero-order valence-electron chi connectivity index (χ0n) is 16.9. The van der Waals surface area contributed by atoms with Gasteiger partial charge < -0.3 is 0 Å². The van der Waals surface area contributed by atoms with Crippen LogP contribution in [0.25, 0.3) is 11.6 Å². The van der Waals surface area contributed by atoms with Crippen LogP contribution in [0.15, 0.2) is 59.7 Å². The summed E-state index contributed by atoms with van der Waals surface area (Å²) in [6.07, 6.45) is 3.12. The number of hydrogen-bond donors (Lipinski definition) is 0. The van der Waals surface area contributed by atoms with Gasteiger partial charge in [-0.1, -0.05) is 61.0 Å². The van der Waals surface area contributed by atoms with E-state index >= 15 is 0 Å². The third-order valence-electron chi connectivity index (χ3n) is 4.87. The predicted molar refractivity (Wildman–Crippen MR) is 114 cm³/mol. The Labute approximate surface area is 162 Å². The maximum absolute atomic E-state index is 12.9. The summed E-state index contributed by atoms with van der Waals surface area (Å²) in [7, 11) is 0. The number of benzene rings is 2. The van der Waals surface area contributed by atoms with E-state index in [0.717, 1.165) is 28.7 Å². The average molecular weight is 360 g/mol. The highest BCUT2D eigenvalue weighted by molar-refractivity contribution is 6.09. The zero-order valence-corrected chi connectivity index (χ0v) is 16.9. The van der Waals surface area contributed by atoms with E-state index in [-0.39, 0.29) is 18.0 Å². The molecule has 27 heavy (non-hydrogen) atoms. The van der Waals surface area contributed by atoms with E-state index in [0.29, 0.717) is 11.1 Å². The van der Waals surface area contributed by atoms with Crippen LogP contribution in [0.2, 0.25) is 0 Å². The summed E-state index contributed by atoms with van der Waals surface area (Å²) in [5.41, 5.74) is 6.49. The lowest BCUT2D eigenvalue weighted by molar-refractivity contribution is -0.114. The highest BCUT2D eigenvalue weighted by Crippen LogP contribution is 2.26. The normalized spacial score (nSPS) is 12.6. The number of rotatable bonds is 7. The van der Waals surface area contributed by atoms with E-state index in [2.05, 4.69) is 19.1 Å². The van der Waals surface area contributed by atoms with Crippen LogP contribution in [0.1, 0.15) is 56.4 Å². The SMILES string of the molecule is CCc1cccc(C=C(C)C(=O)CC(=C(C)C(C)=O)c2cccc(C)c2)c1. The molecule has 2 aromatic rings. The zero-order chi connectivity index (χ0) is 20.0. The molecule has 2 aromatic carbocycles. The Kier molecular flexibility index (Phi) is 7.06. The third kappa shape index (κ3) is 5.62. The molecule has 0 bridgehead atoms. The first-order valence-corrected chi connectivity index (χ1v) is 9.40. The maximum Gasteiger partial charge on any atom is 0.162 e.